The molecule has 10 aromatic carbocycles. The first-order valence-electron chi connectivity index (χ1n) is 26.5. The van der Waals surface area contributed by atoms with Gasteiger partial charge in [-0.15, -0.1) is 0 Å². The first-order chi connectivity index (χ1) is 38.9. The lowest BCUT2D eigenvalue weighted by atomic mass is 9.82. The summed E-state index contributed by atoms with van der Waals surface area (Å²) in [4.78, 5) is 32.0. The third-order valence-electron chi connectivity index (χ3n) is 16.3. The van der Waals surface area contributed by atoms with Crippen molar-refractivity contribution in [2.24, 2.45) is 0 Å². The van der Waals surface area contributed by atoms with Crippen LogP contribution in [0.5, 0.6) is 0 Å². The number of furan rings is 2. The van der Waals surface area contributed by atoms with Gasteiger partial charge in [-0.1, -0.05) is 172 Å². The van der Waals surface area contributed by atoms with Gasteiger partial charge in [-0.2, -0.15) is 19.9 Å². The maximum Gasteiger partial charge on any atom is 0.238 e. The topological polar surface area (TPSA) is 113 Å². The molecule has 0 fully saturated rings. The molecule has 6 aromatic heterocycles. The van der Waals surface area contributed by atoms with E-state index in [0.717, 1.165) is 110 Å². The first kappa shape index (κ1) is 43.6. The number of hydrogen-bond acceptors (Lipinski definition) is 8. The zero-order valence-electron chi connectivity index (χ0n) is 42.7. The van der Waals surface area contributed by atoms with Crippen LogP contribution in [-0.4, -0.2) is 39.0 Å². The van der Waals surface area contributed by atoms with Gasteiger partial charge in [0.2, 0.25) is 11.9 Å². The highest BCUT2D eigenvalue weighted by atomic mass is 16.3. The standard InChI is InChI=1S/C69H42N8O2/c1-69(2)51-37-55-49(41-23-9-13-29-53(41)76(55)67-72-63(39-19-5-3-6-20-39)70-65(74-67)45-27-17-33-59-61(45)43-25-11-15-31-57(43)78-59)35-47(51)48-36-50-42-24-10-14-30-54(42)77(56(50)38-52(48)69)68-73-64(40-21-7-4-8-22-40)71-66(75-68)46-28-18-34-60-62(46)44-26-12-16-32-58(44)79-60/h3-38H,1-2H3. The molecule has 0 aliphatic heterocycles. The summed E-state index contributed by atoms with van der Waals surface area (Å²) in [5, 5.41) is 8.39. The molecular weight excluding hydrogens is 973 g/mol. The van der Waals surface area contributed by atoms with Crippen LogP contribution in [0.15, 0.2) is 227 Å². The average molecular weight is 1020 g/mol. The molecule has 0 saturated carbocycles. The predicted octanol–water partition coefficient (Wildman–Crippen LogP) is 17.0. The molecule has 10 heteroatoms. The van der Waals surface area contributed by atoms with Crippen molar-refractivity contribution in [1.29, 1.82) is 0 Å². The average Bonchev–Trinajstić information content (AvgIpc) is 4.47. The van der Waals surface area contributed by atoms with Crippen LogP contribution in [0.25, 0.3) is 156 Å². The Morgan fingerprint density at radius 3 is 1.14 bits per heavy atom. The van der Waals surface area contributed by atoms with Crippen molar-refractivity contribution in [1.82, 2.24) is 39.0 Å². The second-order valence-electron chi connectivity index (χ2n) is 21.0. The van der Waals surface area contributed by atoms with E-state index in [4.69, 9.17) is 38.7 Å². The molecule has 0 bridgehead atoms. The summed E-state index contributed by atoms with van der Waals surface area (Å²) in [5.41, 5.74) is 15.1. The van der Waals surface area contributed by atoms with Crippen LogP contribution in [0.3, 0.4) is 0 Å². The number of benzene rings is 10. The van der Waals surface area contributed by atoms with Crippen LogP contribution in [0.1, 0.15) is 25.0 Å². The lowest BCUT2D eigenvalue weighted by molar-refractivity contribution is 0.661. The van der Waals surface area contributed by atoms with Crippen LogP contribution >= 0.6 is 0 Å². The first-order valence-corrected chi connectivity index (χ1v) is 26.5. The zero-order valence-corrected chi connectivity index (χ0v) is 42.7. The number of rotatable bonds is 6. The molecule has 17 rings (SSSR count). The Labute approximate surface area is 450 Å². The molecule has 0 unspecified atom stereocenters. The van der Waals surface area contributed by atoms with Gasteiger partial charge in [0.25, 0.3) is 0 Å². The molecule has 1 aliphatic rings. The zero-order chi connectivity index (χ0) is 52.1. The molecule has 6 heterocycles. The molecule has 16 aromatic rings. The minimum absolute atomic E-state index is 0.440. The van der Waals surface area contributed by atoms with Crippen molar-refractivity contribution in [2.75, 3.05) is 0 Å². The van der Waals surface area contributed by atoms with E-state index in [2.05, 4.69) is 144 Å². The second kappa shape index (κ2) is 16.2. The maximum absolute atomic E-state index is 6.38. The van der Waals surface area contributed by atoms with Gasteiger partial charge < -0.3 is 8.83 Å². The lowest BCUT2D eigenvalue weighted by Gasteiger charge is -2.22. The fraction of sp³-hybridized carbons (Fsp3) is 0.0435. The van der Waals surface area contributed by atoms with Crippen molar-refractivity contribution in [3.8, 4) is 68.6 Å². The third-order valence-corrected chi connectivity index (χ3v) is 16.3. The van der Waals surface area contributed by atoms with Gasteiger partial charge in [0.05, 0.1) is 22.1 Å². The number of fused-ring (bicyclic) bond motifs is 15. The number of para-hydroxylation sites is 4. The van der Waals surface area contributed by atoms with E-state index < -0.39 is 5.41 Å². The van der Waals surface area contributed by atoms with Crippen LogP contribution in [-0.2, 0) is 5.41 Å². The molecule has 370 valence electrons. The van der Waals surface area contributed by atoms with Crippen LogP contribution in [0.4, 0.5) is 0 Å². The van der Waals surface area contributed by atoms with E-state index >= 15 is 0 Å². The fourth-order valence-corrected chi connectivity index (χ4v) is 12.6. The van der Waals surface area contributed by atoms with Gasteiger partial charge in [-0.25, -0.2) is 9.97 Å². The highest BCUT2D eigenvalue weighted by Crippen LogP contribution is 2.53. The molecule has 1 aliphatic carbocycles. The second-order valence-corrected chi connectivity index (χ2v) is 21.0. The van der Waals surface area contributed by atoms with Crippen LogP contribution in [0.2, 0.25) is 0 Å². The summed E-state index contributed by atoms with van der Waals surface area (Å²) >= 11 is 0. The predicted molar refractivity (Wildman–Crippen MR) is 316 cm³/mol. The molecular formula is C69H42N8O2. The quantitative estimate of drug-likeness (QED) is 0.162. The SMILES string of the molecule is CC1(C)c2cc3c(cc2-c2cc4c5ccccc5n(-c5nc(-c6ccccc6)nc(-c6cccc7oc8ccccc8c67)n5)c4cc21)c1ccccc1n3-c1nc(-c2ccccc2)nc(-c2cccc3oc4ccccc4c23)n1. The van der Waals surface area contributed by atoms with E-state index in [1.54, 1.807) is 0 Å². The van der Waals surface area contributed by atoms with Gasteiger partial charge in [0.1, 0.15) is 22.3 Å². The normalized spacial score (nSPS) is 13.0. The molecule has 10 nitrogen and oxygen atoms in total. The summed E-state index contributed by atoms with van der Waals surface area (Å²) in [7, 11) is 0. The van der Waals surface area contributed by atoms with Crippen molar-refractivity contribution in [3.63, 3.8) is 0 Å². The van der Waals surface area contributed by atoms with Gasteiger partial charge in [0, 0.05) is 70.8 Å². The highest BCUT2D eigenvalue weighted by molar-refractivity contribution is 6.16. The number of hydrogen-bond donors (Lipinski definition) is 0. The molecule has 79 heavy (non-hydrogen) atoms. The Kier molecular flexibility index (Phi) is 8.96. The van der Waals surface area contributed by atoms with E-state index in [-0.39, 0.29) is 0 Å². The minimum atomic E-state index is -0.440. The summed E-state index contributed by atoms with van der Waals surface area (Å²) in [5.74, 6) is 3.35. The Morgan fingerprint density at radius 2 is 0.684 bits per heavy atom. The van der Waals surface area contributed by atoms with Crippen molar-refractivity contribution < 1.29 is 8.83 Å². The van der Waals surface area contributed by atoms with E-state index in [0.29, 0.717) is 35.2 Å². The van der Waals surface area contributed by atoms with Gasteiger partial charge in [0.15, 0.2) is 23.3 Å². The Bertz CT molecular complexity index is 4920. The third kappa shape index (κ3) is 6.33. The highest BCUT2D eigenvalue weighted by Gasteiger charge is 2.38. The Morgan fingerprint density at radius 1 is 0.304 bits per heavy atom. The lowest BCUT2D eigenvalue weighted by Crippen LogP contribution is -2.15. The van der Waals surface area contributed by atoms with Crippen molar-refractivity contribution in [3.05, 3.63) is 230 Å². The Hall–Kier alpha value is -10.6. The number of aromatic nitrogens is 8. The van der Waals surface area contributed by atoms with Crippen molar-refractivity contribution >= 4 is 87.5 Å². The maximum atomic E-state index is 6.38. The molecule has 0 amide bonds. The van der Waals surface area contributed by atoms with Crippen LogP contribution in [0, 0.1) is 0 Å². The Balaban J connectivity index is 0.883. The molecule has 0 saturated heterocycles. The molecule has 0 atom stereocenters. The summed E-state index contributed by atoms with van der Waals surface area (Å²) in [6.07, 6.45) is 0. The van der Waals surface area contributed by atoms with E-state index in [1.807, 2.05) is 97.1 Å². The smallest absolute Gasteiger partial charge is 0.238 e. The van der Waals surface area contributed by atoms with Gasteiger partial charge >= 0.3 is 0 Å². The monoisotopic (exact) mass is 1010 g/mol. The number of nitrogens with zero attached hydrogens (tertiary/aromatic N) is 8. The molecule has 0 N–H and O–H groups in total. The summed E-state index contributed by atoms with van der Waals surface area (Å²) in [6.45, 7) is 4.67. The summed E-state index contributed by atoms with van der Waals surface area (Å²) < 4.78 is 17.2. The largest absolute Gasteiger partial charge is 0.456 e. The fourth-order valence-electron chi connectivity index (χ4n) is 12.6. The summed E-state index contributed by atoms with van der Waals surface area (Å²) in [6, 6.07) is 75.5. The van der Waals surface area contributed by atoms with E-state index in [1.165, 1.54) is 22.3 Å². The van der Waals surface area contributed by atoms with Gasteiger partial charge in [-0.3, -0.25) is 9.13 Å². The van der Waals surface area contributed by atoms with Crippen LogP contribution < -0.4 is 0 Å². The van der Waals surface area contributed by atoms with Gasteiger partial charge in [-0.05, 0) is 82.9 Å². The van der Waals surface area contributed by atoms with E-state index in [9.17, 15) is 0 Å². The molecule has 0 spiro atoms. The molecule has 0 radical (unpaired) electrons. The minimum Gasteiger partial charge on any atom is -0.456 e. The van der Waals surface area contributed by atoms with Crippen molar-refractivity contribution in [2.45, 2.75) is 19.3 Å².